The van der Waals surface area contributed by atoms with E-state index in [1.807, 2.05) is 0 Å². The first-order valence-electron chi connectivity index (χ1n) is 9.83. The topological polar surface area (TPSA) is 119 Å². The first-order valence-corrected chi connectivity index (χ1v) is 9.83. The molecule has 168 valence electrons. The second-order valence-electron chi connectivity index (χ2n) is 9.94. The average molecular weight is 425 g/mol. The van der Waals surface area contributed by atoms with E-state index in [2.05, 4.69) is 0 Å². The van der Waals surface area contributed by atoms with Gasteiger partial charge in [-0.25, -0.2) is 0 Å². The molecule has 0 aliphatic carbocycles. The molecule has 0 aromatic rings. The maximum Gasteiger partial charge on any atom is 0.311 e. The highest BCUT2D eigenvalue weighted by molar-refractivity contribution is 6.06. The standard InChI is InChI=1S/C21H31NO8/c1-19(2,3)17(25)28-11-13-15(30-18(26)20(4,5)6)21(7,27)16(29-13)22-9-8-12(23)10-14(22)24/h8-9,13,15-16,27H,10-11H2,1-7H3/t13-,15-,16-,21+/m1/s1. The quantitative estimate of drug-likeness (QED) is 0.529. The Morgan fingerprint density at radius 3 is 2.23 bits per heavy atom. The van der Waals surface area contributed by atoms with Crippen LogP contribution < -0.4 is 0 Å². The summed E-state index contributed by atoms with van der Waals surface area (Å²) in [6.07, 6.45) is -1.36. The first-order chi connectivity index (χ1) is 13.5. The van der Waals surface area contributed by atoms with E-state index >= 15 is 0 Å². The number of ether oxygens (including phenoxy) is 3. The lowest BCUT2D eigenvalue weighted by Crippen LogP contribution is -2.55. The van der Waals surface area contributed by atoms with Crippen LogP contribution in [0.4, 0.5) is 0 Å². The normalized spacial score (nSPS) is 29.9. The fourth-order valence-corrected chi connectivity index (χ4v) is 2.98. The molecule has 9 heteroatoms. The van der Waals surface area contributed by atoms with Gasteiger partial charge in [0.25, 0.3) is 0 Å². The zero-order valence-corrected chi connectivity index (χ0v) is 18.6. The Kier molecular flexibility index (Phi) is 6.49. The number of ketones is 1. The van der Waals surface area contributed by atoms with Gasteiger partial charge in [-0.3, -0.25) is 24.1 Å². The van der Waals surface area contributed by atoms with Crippen LogP contribution in [0.1, 0.15) is 54.9 Å². The summed E-state index contributed by atoms with van der Waals surface area (Å²) in [5.74, 6) is -1.99. The molecule has 1 saturated heterocycles. The molecule has 2 aliphatic rings. The predicted octanol–water partition coefficient (Wildman–Crippen LogP) is 1.32. The van der Waals surface area contributed by atoms with E-state index < -0.39 is 52.7 Å². The van der Waals surface area contributed by atoms with Crippen molar-refractivity contribution in [2.45, 2.75) is 78.9 Å². The van der Waals surface area contributed by atoms with Gasteiger partial charge in [0.2, 0.25) is 5.91 Å². The maximum atomic E-state index is 12.5. The van der Waals surface area contributed by atoms with Gasteiger partial charge in [-0.1, -0.05) is 0 Å². The van der Waals surface area contributed by atoms with E-state index in [1.54, 1.807) is 41.5 Å². The van der Waals surface area contributed by atoms with Crippen molar-refractivity contribution >= 4 is 23.6 Å². The van der Waals surface area contributed by atoms with Crippen LogP contribution in [0.3, 0.4) is 0 Å². The largest absolute Gasteiger partial charge is 0.462 e. The van der Waals surface area contributed by atoms with Crippen molar-refractivity contribution in [1.29, 1.82) is 0 Å². The second-order valence-corrected chi connectivity index (χ2v) is 9.94. The molecule has 0 aromatic carbocycles. The van der Waals surface area contributed by atoms with Gasteiger partial charge >= 0.3 is 11.9 Å². The van der Waals surface area contributed by atoms with E-state index in [4.69, 9.17) is 14.2 Å². The van der Waals surface area contributed by atoms with Gasteiger partial charge in [-0.2, -0.15) is 0 Å². The van der Waals surface area contributed by atoms with E-state index in [-0.39, 0.29) is 18.8 Å². The van der Waals surface area contributed by atoms with Crippen LogP contribution in [0.5, 0.6) is 0 Å². The minimum absolute atomic E-state index is 0.282. The lowest BCUT2D eigenvalue weighted by molar-refractivity contribution is -0.175. The molecule has 2 aliphatic heterocycles. The van der Waals surface area contributed by atoms with E-state index in [9.17, 15) is 24.3 Å². The molecule has 4 atom stereocenters. The van der Waals surface area contributed by atoms with E-state index in [0.29, 0.717) is 0 Å². The summed E-state index contributed by atoms with van der Waals surface area (Å²) >= 11 is 0. The Morgan fingerprint density at radius 2 is 1.73 bits per heavy atom. The van der Waals surface area contributed by atoms with Crippen LogP contribution in [-0.2, 0) is 33.4 Å². The smallest absolute Gasteiger partial charge is 0.311 e. The fourth-order valence-electron chi connectivity index (χ4n) is 2.98. The van der Waals surface area contributed by atoms with Gasteiger partial charge < -0.3 is 19.3 Å². The highest BCUT2D eigenvalue weighted by Gasteiger charge is 2.59. The third kappa shape index (κ3) is 5.07. The molecule has 0 aromatic heterocycles. The summed E-state index contributed by atoms with van der Waals surface area (Å²) in [5.41, 5.74) is -3.43. The number of allylic oxidation sites excluding steroid dienone is 1. The molecule has 30 heavy (non-hydrogen) atoms. The predicted molar refractivity (Wildman–Crippen MR) is 105 cm³/mol. The van der Waals surface area contributed by atoms with Crippen molar-refractivity contribution in [2.75, 3.05) is 6.61 Å². The Hall–Kier alpha value is -2.26. The molecule has 1 amide bonds. The van der Waals surface area contributed by atoms with Crippen molar-refractivity contribution in [3.05, 3.63) is 12.3 Å². The molecule has 9 nitrogen and oxygen atoms in total. The molecule has 1 N–H and O–H groups in total. The van der Waals surface area contributed by atoms with E-state index in [1.165, 1.54) is 19.2 Å². The maximum absolute atomic E-state index is 12.5. The second kappa shape index (κ2) is 8.11. The highest BCUT2D eigenvalue weighted by Crippen LogP contribution is 2.38. The van der Waals surface area contributed by atoms with Crippen LogP contribution >= 0.6 is 0 Å². The lowest BCUT2D eigenvalue weighted by atomic mass is 9.93. The van der Waals surface area contributed by atoms with Crippen molar-refractivity contribution in [3.63, 3.8) is 0 Å². The third-order valence-corrected chi connectivity index (χ3v) is 4.84. The summed E-state index contributed by atoms with van der Waals surface area (Å²) in [5, 5.41) is 11.2. The Balaban J connectivity index is 2.31. The number of rotatable bonds is 4. The van der Waals surface area contributed by atoms with Crippen molar-refractivity contribution in [3.8, 4) is 0 Å². The Labute approximate surface area is 176 Å². The number of esters is 2. The zero-order valence-electron chi connectivity index (χ0n) is 18.6. The third-order valence-electron chi connectivity index (χ3n) is 4.84. The number of hydrogen-bond acceptors (Lipinski definition) is 8. The summed E-state index contributed by atoms with van der Waals surface area (Å²) in [6, 6.07) is 0. The number of carbonyl (C=O) groups is 4. The minimum Gasteiger partial charge on any atom is -0.462 e. The Morgan fingerprint density at radius 1 is 1.17 bits per heavy atom. The molecule has 0 saturated carbocycles. The van der Waals surface area contributed by atoms with E-state index in [0.717, 1.165) is 4.90 Å². The molecular weight excluding hydrogens is 394 g/mol. The van der Waals surface area contributed by atoms with Crippen molar-refractivity contribution in [1.82, 2.24) is 4.90 Å². The van der Waals surface area contributed by atoms with Crippen LogP contribution in [-0.4, -0.2) is 64.3 Å². The van der Waals surface area contributed by atoms with Gasteiger partial charge in [-0.05, 0) is 54.5 Å². The highest BCUT2D eigenvalue weighted by atomic mass is 16.6. The van der Waals surface area contributed by atoms with Crippen LogP contribution in [0, 0.1) is 10.8 Å². The Bertz CT molecular complexity index is 756. The molecule has 1 fully saturated rings. The van der Waals surface area contributed by atoms with Gasteiger partial charge in [0.15, 0.2) is 18.1 Å². The van der Waals surface area contributed by atoms with Crippen LogP contribution in [0.2, 0.25) is 0 Å². The van der Waals surface area contributed by atoms with Gasteiger partial charge in [0.05, 0.1) is 17.3 Å². The molecule has 2 rings (SSSR count). The van der Waals surface area contributed by atoms with Crippen molar-refractivity contribution in [2.24, 2.45) is 10.8 Å². The lowest BCUT2D eigenvalue weighted by Gasteiger charge is -2.36. The molecule has 0 radical (unpaired) electrons. The average Bonchev–Trinajstić information content (AvgIpc) is 2.82. The summed E-state index contributed by atoms with van der Waals surface area (Å²) < 4.78 is 16.7. The van der Waals surface area contributed by atoms with Gasteiger partial charge in [-0.15, -0.1) is 0 Å². The minimum atomic E-state index is -1.82. The number of amides is 1. The van der Waals surface area contributed by atoms with Crippen LogP contribution in [0.25, 0.3) is 0 Å². The number of nitrogens with zero attached hydrogens (tertiary/aromatic N) is 1. The SMILES string of the molecule is CC(C)(C)C(=O)OC[C@H]1O[C@@H](N2C=CC(=O)CC2=O)[C@@](C)(O)[C@@H]1OC(=O)C(C)(C)C. The van der Waals surface area contributed by atoms with Crippen molar-refractivity contribution < 1.29 is 38.5 Å². The summed E-state index contributed by atoms with van der Waals surface area (Å²) in [6.45, 7) is 11.1. The monoisotopic (exact) mass is 425 g/mol. The number of carbonyl (C=O) groups excluding carboxylic acids is 4. The molecule has 2 heterocycles. The molecular formula is C21H31NO8. The summed E-state index contributed by atoms with van der Waals surface area (Å²) in [7, 11) is 0. The molecule has 0 spiro atoms. The first kappa shape index (κ1) is 24.0. The van der Waals surface area contributed by atoms with Gasteiger partial charge in [0.1, 0.15) is 18.3 Å². The summed E-state index contributed by atoms with van der Waals surface area (Å²) in [4.78, 5) is 49.6. The van der Waals surface area contributed by atoms with Crippen LogP contribution in [0.15, 0.2) is 12.3 Å². The zero-order chi connectivity index (χ0) is 23.1. The fraction of sp³-hybridized carbons (Fsp3) is 0.714. The number of aliphatic hydroxyl groups is 1. The van der Waals surface area contributed by atoms with Gasteiger partial charge in [0, 0.05) is 6.20 Å². The molecule has 0 unspecified atom stereocenters. The number of hydrogen-bond donors (Lipinski definition) is 1. The molecule has 0 bridgehead atoms.